The number of aryl methyl sites for hydroxylation is 1. The fourth-order valence-corrected chi connectivity index (χ4v) is 2.79. The molecule has 1 rings (SSSR count). The normalized spacial score (nSPS) is 14.2. The van der Waals surface area contributed by atoms with Crippen LogP contribution in [0.3, 0.4) is 0 Å². The summed E-state index contributed by atoms with van der Waals surface area (Å²) >= 11 is 0. The third-order valence-corrected chi connectivity index (χ3v) is 4.43. The van der Waals surface area contributed by atoms with Crippen molar-refractivity contribution in [1.29, 1.82) is 0 Å². The number of aromatic nitrogens is 2. The number of aromatic amines is 1. The summed E-state index contributed by atoms with van der Waals surface area (Å²) < 4.78 is 22.8. The summed E-state index contributed by atoms with van der Waals surface area (Å²) in [4.78, 5) is 34.6. The molecule has 0 aliphatic heterocycles. The van der Waals surface area contributed by atoms with E-state index >= 15 is 0 Å². The van der Waals surface area contributed by atoms with E-state index in [1.54, 1.807) is 26.2 Å². The van der Waals surface area contributed by atoms with Gasteiger partial charge >= 0.3 is 13.3 Å². The van der Waals surface area contributed by atoms with Crippen molar-refractivity contribution in [2.24, 2.45) is 0 Å². The molecular weight excluding hydrogens is 323 g/mol. The van der Waals surface area contributed by atoms with Crippen molar-refractivity contribution in [3.8, 4) is 0 Å². The zero-order valence-electron chi connectivity index (χ0n) is 13.4. The maximum absolute atomic E-state index is 11.7. The molecule has 1 unspecified atom stereocenters. The highest BCUT2D eigenvalue weighted by molar-refractivity contribution is 7.52. The van der Waals surface area contributed by atoms with Gasteiger partial charge in [-0.3, -0.25) is 18.9 Å². The van der Waals surface area contributed by atoms with Gasteiger partial charge in [0.2, 0.25) is 0 Å². The summed E-state index contributed by atoms with van der Waals surface area (Å²) in [7, 11) is -2.04. The summed E-state index contributed by atoms with van der Waals surface area (Å²) in [5.41, 5.74) is -0.441. The van der Waals surface area contributed by atoms with Crippen LogP contribution in [0.1, 0.15) is 18.4 Å². The van der Waals surface area contributed by atoms with Gasteiger partial charge in [-0.2, -0.15) is 0 Å². The molecule has 2 N–H and O–H groups in total. The van der Waals surface area contributed by atoms with E-state index in [2.05, 4.69) is 4.98 Å². The number of rotatable bonds is 10. The van der Waals surface area contributed by atoms with E-state index in [0.29, 0.717) is 25.0 Å². The number of nitrogens with zero attached hydrogens (tertiary/aromatic N) is 1. The standard InChI is InChI=1S/C14H23N2O6P/c1-12-11-16(14(18)15-13(12)17)7-4-3-5-10-23(19,20)22-9-6-8-21-2/h3-4,11H,5-10H2,1-2H3,(H,19,20)(H,15,17,18)/b4-3-. The minimum atomic E-state index is -3.59. The SMILES string of the molecule is COCCCOP(=O)(O)CC/C=C\Cn1cc(C)c(=O)[nH]c1=O. The van der Waals surface area contributed by atoms with Gasteiger partial charge in [-0.25, -0.2) is 4.79 Å². The average molecular weight is 346 g/mol. The second-order valence-electron chi connectivity index (χ2n) is 5.02. The lowest BCUT2D eigenvalue weighted by molar-refractivity contribution is 0.166. The molecule has 9 heteroatoms. The first-order chi connectivity index (χ1) is 10.9. The van der Waals surface area contributed by atoms with Gasteiger partial charge in [0.1, 0.15) is 0 Å². The Kier molecular flexibility index (Phi) is 8.19. The van der Waals surface area contributed by atoms with Crippen molar-refractivity contribution >= 4 is 7.60 Å². The Labute approximate surface area is 134 Å². The van der Waals surface area contributed by atoms with E-state index in [4.69, 9.17) is 9.26 Å². The third-order valence-electron chi connectivity index (χ3n) is 3.02. The van der Waals surface area contributed by atoms with Gasteiger partial charge in [0, 0.05) is 32.0 Å². The Morgan fingerprint density at radius 1 is 1.35 bits per heavy atom. The maximum atomic E-state index is 11.7. The summed E-state index contributed by atoms with van der Waals surface area (Å²) in [6.45, 7) is 2.55. The van der Waals surface area contributed by atoms with E-state index in [1.807, 2.05) is 0 Å². The fraction of sp³-hybridized carbons (Fsp3) is 0.571. The smallest absolute Gasteiger partial charge is 0.328 e. The van der Waals surface area contributed by atoms with E-state index in [9.17, 15) is 19.0 Å². The molecule has 1 heterocycles. The number of allylic oxidation sites excluding steroid dienone is 2. The van der Waals surface area contributed by atoms with Crippen molar-refractivity contribution in [3.05, 3.63) is 44.8 Å². The Balaban J connectivity index is 2.39. The molecule has 0 fully saturated rings. The van der Waals surface area contributed by atoms with Crippen LogP contribution in [0.4, 0.5) is 0 Å². The molecule has 0 spiro atoms. The predicted octanol–water partition coefficient (Wildman–Crippen LogP) is 1.03. The molecule has 0 aromatic carbocycles. The first kappa shape index (κ1) is 19.6. The van der Waals surface area contributed by atoms with Gasteiger partial charge in [-0.1, -0.05) is 12.2 Å². The van der Waals surface area contributed by atoms with Gasteiger partial charge in [0.15, 0.2) is 0 Å². The third kappa shape index (κ3) is 7.56. The molecule has 130 valence electrons. The molecular formula is C14H23N2O6P. The average Bonchev–Trinajstić information content (AvgIpc) is 2.48. The molecule has 0 aliphatic carbocycles. The Morgan fingerprint density at radius 2 is 2.09 bits per heavy atom. The van der Waals surface area contributed by atoms with Crippen LogP contribution in [-0.4, -0.2) is 40.9 Å². The fourth-order valence-electron chi connectivity index (χ4n) is 1.77. The first-order valence-corrected chi connectivity index (χ1v) is 9.02. The summed E-state index contributed by atoms with van der Waals surface area (Å²) in [6, 6.07) is 0. The first-order valence-electron chi connectivity index (χ1n) is 7.26. The molecule has 0 saturated heterocycles. The van der Waals surface area contributed by atoms with Crippen LogP contribution in [0.15, 0.2) is 27.9 Å². The number of ether oxygens (including phenoxy) is 1. The van der Waals surface area contributed by atoms with E-state index in [0.717, 1.165) is 0 Å². The monoisotopic (exact) mass is 346 g/mol. The molecule has 0 aliphatic rings. The second kappa shape index (κ2) is 9.62. The zero-order chi connectivity index (χ0) is 17.3. The highest BCUT2D eigenvalue weighted by Gasteiger charge is 2.17. The van der Waals surface area contributed by atoms with Crippen molar-refractivity contribution in [3.63, 3.8) is 0 Å². The molecule has 0 saturated carbocycles. The Bertz CT molecular complexity index is 679. The van der Waals surface area contributed by atoms with E-state index in [-0.39, 0.29) is 19.3 Å². The van der Waals surface area contributed by atoms with Crippen LogP contribution in [0.25, 0.3) is 0 Å². The Morgan fingerprint density at radius 3 is 2.78 bits per heavy atom. The summed E-state index contributed by atoms with van der Waals surface area (Å²) in [5.74, 6) is 0. The number of H-pyrrole nitrogens is 1. The number of nitrogens with one attached hydrogen (secondary N) is 1. The largest absolute Gasteiger partial charge is 0.385 e. The van der Waals surface area contributed by atoms with Crippen LogP contribution in [0.5, 0.6) is 0 Å². The minimum Gasteiger partial charge on any atom is -0.385 e. The lowest BCUT2D eigenvalue weighted by atomic mass is 10.3. The van der Waals surface area contributed by atoms with Gasteiger partial charge in [-0.15, -0.1) is 0 Å². The van der Waals surface area contributed by atoms with Crippen LogP contribution >= 0.6 is 7.60 Å². The van der Waals surface area contributed by atoms with Gasteiger partial charge < -0.3 is 14.2 Å². The van der Waals surface area contributed by atoms with Crippen LogP contribution < -0.4 is 11.2 Å². The molecule has 8 nitrogen and oxygen atoms in total. The van der Waals surface area contributed by atoms with Gasteiger partial charge in [-0.05, 0) is 19.8 Å². The highest BCUT2D eigenvalue weighted by atomic mass is 31.2. The summed E-state index contributed by atoms with van der Waals surface area (Å²) in [5, 5.41) is 0. The number of hydrogen-bond acceptors (Lipinski definition) is 5. The van der Waals surface area contributed by atoms with Gasteiger partial charge in [0.25, 0.3) is 5.56 Å². The lowest BCUT2D eigenvalue weighted by Gasteiger charge is -2.10. The van der Waals surface area contributed by atoms with Crippen LogP contribution in [0.2, 0.25) is 0 Å². The molecule has 1 aromatic rings. The van der Waals surface area contributed by atoms with Crippen molar-refractivity contribution in [2.75, 3.05) is 26.5 Å². The number of hydrogen-bond donors (Lipinski definition) is 2. The molecule has 23 heavy (non-hydrogen) atoms. The maximum Gasteiger partial charge on any atom is 0.328 e. The highest BCUT2D eigenvalue weighted by Crippen LogP contribution is 2.42. The van der Waals surface area contributed by atoms with E-state index in [1.165, 1.54) is 10.8 Å². The number of methoxy groups -OCH3 is 1. The van der Waals surface area contributed by atoms with Gasteiger partial charge in [0.05, 0.1) is 12.8 Å². The van der Waals surface area contributed by atoms with Crippen LogP contribution in [0, 0.1) is 6.92 Å². The molecule has 1 atom stereocenters. The van der Waals surface area contributed by atoms with E-state index < -0.39 is 18.8 Å². The van der Waals surface area contributed by atoms with Crippen molar-refractivity contribution in [2.45, 2.75) is 26.3 Å². The quantitative estimate of drug-likeness (QED) is 0.372. The zero-order valence-corrected chi connectivity index (χ0v) is 14.3. The minimum absolute atomic E-state index is 0.00995. The molecule has 0 bridgehead atoms. The lowest BCUT2D eigenvalue weighted by Crippen LogP contribution is -2.30. The predicted molar refractivity (Wildman–Crippen MR) is 87.0 cm³/mol. The Hall–Kier alpha value is -1.47. The second-order valence-corrected chi connectivity index (χ2v) is 7.00. The molecule has 0 amide bonds. The summed E-state index contributed by atoms with van der Waals surface area (Å²) in [6.07, 6.45) is 5.80. The topological polar surface area (TPSA) is 111 Å². The van der Waals surface area contributed by atoms with Crippen molar-refractivity contribution in [1.82, 2.24) is 9.55 Å². The van der Waals surface area contributed by atoms with Crippen LogP contribution in [-0.2, 0) is 20.4 Å². The van der Waals surface area contributed by atoms with Crippen molar-refractivity contribution < 1.29 is 18.7 Å². The molecule has 0 radical (unpaired) electrons. The molecule has 1 aromatic heterocycles.